The van der Waals surface area contributed by atoms with E-state index in [9.17, 15) is 4.79 Å². The molecule has 1 saturated heterocycles. The van der Waals surface area contributed by atoms with Gasteiger partial charge in [-0.05, 0) is 43.9 Å². The molecule has 4 rings (SSSR count). The third-order valence-electron chi connectivity index (χ3n) is 5.83. The standard InChI is InChI=1S/C23H30N4O2/c1-2-29-20-8-5-17(6-9-20)7-10-22(28)27-13-3-4-18(16-27)23-25-15-19-14-24-12-11-21(19)26-23/h5-6,8-9,15,18,24H,2-4,7,10-14,16H2,1H3. The van der Waals surface area contributed by atoms with Gasteiger partial charge < -0.3 is 15.0 Å². The number of piperidine rings is 1. The first-order valence-corrected chi connectivity index (χ1v) is 10.8. The maximum absolute atomic E-state index is 12.8. The number of nitrogens with zero attached hydrogens (tertiary/aromatic N) is 3. The highest BCUT2D eigenvalue weighted by Gasteiger charge is 2.27. The predicted molar refractivity (Wildman–Crippen MR) is 112 cm³/mol. The van der Waals surface area contributed by atoms with Crippen LogP contribution in [0.4, 0.5) is 0 Å². The molecule has 1 fully saturated rings. The highest BCUT2D eigenvalue weighted by Crippen LogP contribution is 2.26. The first-order valence-electron chi connectivity index (χ1n) is 10.8. The van der Waals surface area contributed by atoms with E-state index in [1.165, 1.54) is 16.8 Å². The minimum absolute atomic E-state index is 0.228. The van der Waals surface area contributed by atoms with Gasteiger partial charge in [-0.15, -0.1) is 0 Å². The third kappa shape index (κ3) is 4.93. The molecular weight excluding hydrogens is 364 g/mol. The number of carbonyl (C=O) groups is 1. The van der Waals surface area contributed by atoms with Crippen LogP contribution >= 0.6 is 0 Å². The van der Waals surface area contributed by atoms with Crippen molar-refractivity contribution < 1.29 is 9.53 Å². The van der Waals surface area contributed by atoms with Crippen molar-refractivity contribution in [2.24, 2.45) is 0 Å². The SMILES string of the molecule is CCOc1ccc(CCC(=O)N2CCCC(c3ncc4c(n3)CCNC4)C2)cc1. The number of fused-ring (bicyclic) bond motifs is 1. The lowest BCUT2D eigenvalue weighted by Gasteiger charge is -2.32. The van der Waals surface area contributed by atoms with Gasteiger partial charge in [-0.2, -0.15) is 0 Å². The van der Waals surface area contributed by atoms with Crippen LogP contribution in [0.5, 0.6) is 5.75 Å². The van der Waals surface area contributed by atoms with Gasteiger partial charge in [0.05, 0.1) is 6.61 Å². The van der Waals surface area contributed by atoms with Crippen LogP contribution in [-0.2, 0) is 24.2 Å². The van der Waals surface area contributed by atoms with Gasteiger partial charge in [0.15, 0.2) is 0 Å². The van der Waals surface area contributed by atoms with Crippen LogP contribution in [0.2, 0.25) is 0 Å². The molecule has 0 bridgehead atoms. The average Bonchev–Trinajstić information content (AvgIpc) is 2.78. The minimum atomic E-state index is 0.228. The summed E-state index contributed by atoms with van der Waals surface area (Å²) in [5.74, 6) is 2.26. The summed E-state index contributed by atoms with van der Waals surface area (Å²) in [5.41, 5.74) is 3.55. The largest absolute Gasteiger partial charge is 0.494 e. The zero-order valence-corrected chi connectivity index (χ0v) is 17.2. The van der Waals surface area contributed by atoms with Gasteiger partial charge in [-0.1, -0.05) is 12.1 Å². The van der Waals surface area contributed by atoms with Gasteiger partial charge in [0, 0.05) is 62.4 Å². The maximum Gasteiger partial charge on any atom is 0.222 e. The predicted octanol–water partition coefficient (Wildman–Crippen LogP) is 2.86. The molecule has 1 aromatic carbocycles. The fourth-order valence-electron chi connectivity index (χ4n) is 4.19. The zero-order chi connectivity index (χ0) is 20.1. The van der Waals surface area contributed by atoms with Crippen molar-refractivity contribution in [1.29, 1.82) is 0 Å². The van der Waals surface area contributed by atoms with Crippen LogP contribution < -0.4 is 10.1 Å². The van der Waals surface area contributed by atoms with E-state index >= 15 is 0 Å². The normalized spacial score (nSPS) is 18.9. The van der Waals surface area contributed by atoms with Gasteiger partial charge in [0.25, 0.3) is 0 Å². The van der Waals surface area contributed by atoms with E-state index in [0.717, 1.165) is 63.4 Å². The molecule has 2 aliphatic rings. The number of hydrogen-bond acceptors (Lipinski definition) is 5. The summed E-state index contributed by atoms with van der Waals surface area (Å²) in [6.45, 7) is 6.05. The van der Waals surface area contributed by atoms with Crippen LogP contribution in [0.3, 0.4) is 0 Å². The Balaban J connectivity index is 1.33. The van der Waals surface area contributed by atoms with E-state index in [1.807, 2.05) is 42.3 Å². The lowest BCUT2D eigenvalue weighted by atomic mass is 9.96. The quantitative estimate of drug-likeness (QED) is 0.816. The molecule has 1 amide bonds. The Bertz CT molecular complexity index is 837. The molecule has 1 N–H and O–H groups in total. The van der Waals surface area contributed by atoms with Gasteiger partial charge in [-0.3, -0.25) is 4.79 Å². The summed E-state index contributed by atoms with van der Waals surface area (Å²) in [4.78, 5) is 24.3. The number of hydrogen-bond donors (Lipinski definition) is 1. The lowest BCUT2D eigenvalue weighted by molar-refractivity contribution is -0.132. The van der Waals surface area contributed by atoms with Crippen molar-refractivity contribution in [3.05, 3.63) is 53.1 Å². The Kier molecular flexibility index (Phi) is 6.39. The van der Waals surface area contributed by atoms with E-state index in [0.29, 0.717) is 13.0 Å². The van der Waals surface area contributed by atoms with Gasteiger partial charge in [0.1, 0.15) is 11.6 Å². The Morgan fingerprint density at radius 1 is 1.31 bits per heavy atom. The Hall–Kier alpha value is -2.47. The molecular formula is C23H30N4O2. The highest BCUT2D eigenvalue weighted by molar-refractivity contribution is 5.76. The Morgan fingerprint density at radius 3 is 3.00 bits per heavy atom. The number of amides is 1. The number of nitrogens with one attached hydrogen (secondary N) is 1. The highest BCUT2D eigenvalue weighted by atomic mass is 16.5. The molecule has 6 nitrogen and oxygen atoms in total. The first kappa shape index (κ1) is 19.8. The third-order valence-corrected chi connectivity index (χ3v) is 5.83. The molecule has 29 heavy (non-hydrogen) atoms. The molecule has 1 unspecified atom stereocenters. The van der Waals surface area contributed by atoms with E-state index in [2.05, 4.69) is 10.3 Å². The molecule has 0 spiro atoms. The Morgan fingerprint density at radius 2 is 2.17 bits per heavy atom. The minimum Gasteiger partial charge on any atom is -0.494 e. The molecule has 154 valence electrons. The lowest BCUT2D eigenvalue weighted by Crippen LogP contribution is -2.39. The van der Waals surface area contributed by atoms with E-state index in [-0.39, 0.29) is 11.8 Å². The van der Waals surface area contributed by atoms with E-state index < -0.39 is 0 Å². The maximum atomic E-state index is 12.8. The second kappa shape index (κ2) is 9.35. The number of ether oxygens (including phenoxy) is 1. The molecule has 0 radical (unpaired) electrons. The number of carbonyl (C=O) groups excluding carboxylic acids is 1. The summed E-state index contributed by atoms with van der Waals surface area (Å²) in [6, 6.07) is 8.05. The number of benzene rings is 1. The van der Waals surface area contributed by atoms with E-state index in [1.54, 1.807) is 0 Å². The summed E-state index contributed by atoms with van der Waals surface area (Å²) < 4.78 is 5.48. The average molecular weight is 395 g/mol. The van der Waals surface area contributed by atoms with Crippen LogP contribution in [0.15, 0.2) is 30.5 Å². The summed E-state index contributed by atoms with van der Waals surface area (Å²) in [5, 5.41) is 3.36. The fourth-order valence-corrected chi connectivity index (χ4v) is 4.19. The van der Waals surface area contributed by atoms with Crippen LogP contribution in [-0.4, -0.2) is 47.0 Å². The van der Waals surface area contributed by atoms with E-state index in [4.69, 9.17) is 9.72 Å². The topological polar surface area (TPSA) is 67.3 Å². The van der Waals surface area contributed by atoms with Gasteiger partial charge >= 0.3 is 0 Å². The number of likely N-dealkylation sites (tertiary alicyclic amines) is 1. The number of rotatable bonds is 6. The molecule has 2 aromatic rings. The second-order valence-corrected chi connectivity index (χ2v) is 7.88. The Labute approximate surface area is 172 Å². The molecule has 1 atom stereocenters. The van der Waals surface area contributed by atoms with Crippen molar-refractivity contribution in [2.75, 3.05) is 26.2 Å². The zero-order valence-electron chi connectivity index (χ0n) is 17.2. The first-order chi connectivity index (χ1) is 14.2. The summed E-state index contributed by atoms with van der Waals surface area (Å²) in [7, 11) is 0. The van der Waals surface area contributed by atoms with Gasteiger partial charge in [-0.25, -0.2) is 9.97 Å². The van der Waals surface area contributed by atoms with Crippen LogP contribution in [0.25, 0.3) is 0 Å². The molecule has 0 aliphatic carbocycles. The number of aryl methyl sites for hydroxylation is 1. The fraction of sp³-hybridized carbons (Fsp3) is 0.522. The summed E-state index contributed by atoms with van der Waals surface area (Å²) >= 11 is 0. The molecule has 6 heteroatoms. The van der Waals surface area contributed by atoms with Crippen molar-refractivity contribution in [2.45, 2.75) is 51.5 Å². The molecule has 2 aliphatic heterocycles. The van der Waals surface area contributed by atoms with Crippen LogP contribution in [0.1, 0.15) is 54.7 Å². The molecule has 1 aromatic heterocycles. The van der Waals surface area contributed by atoms with Crippen molar-refractivity contribution in [1.82, 2.24) is 20.2 Å². The van der Waals surface area contributed by atoms with Crippen molar-refractivity contribution in [3.8, 4) is 5.75 Å². The second-order valence-electron chi connectivity index (χ2n) is 7.88. The van der Waals surface area contributed by atoms with Crippen LogP contribution in [0, 0.1) is 0 Å². The van der Waals surface area contributed by atoms with Crippen molar-refractivity contribution in [3.63, 3.8) is 0 Å². The summed E-state index contributed by atoms with van der Waals surface area (Å²) in [6.07, 6.45) is 6.30. The smallest absolute Gasteiger partial charge is 0.222 e. The monoisotopic (exact) mass is 394 g/mol. The van der Waals surface area contributed by atoms with Crippen molar-refractivity contribution >= 4 is 5.91 Å². The van der Waals surface area contributed by atoms with Gasteiger partial charge in [0.2, 0.25) is 5.91 Å². The molecule has 3 heterocycles. The molecule has 0 saturated carbocycles. The number of aromatic nitrogens is 2.